The number of aromatic nitrogens is 2. The average Bonchev–Trinajstić information content (AvgIpc) is 2.87. The molecular formula is C26H33FN4O5. The molecule has 10 heteroatoms. The van der Waals surface area contributed by atoms with E-state index in [1.165, 1.54) is 25.6 Å². The Morgan fingerprint density at radius 3 is 2.50 bits per heavy atom. The van der Waals surface area contributed by atoms with Crippen molar-refractivity contribution >= 4 is 17.8 Å². The van der Waals surface area contributed by atoms with Crippen LogP contribution in [-0.2, 0) is 16.0 Å². The first kappa shape index (κ1) is 25.8. The Labute approximate surface area is 210 Å². The van der Waals surface area contributed by atoms with Gasteiger partial charge in [0.2, 0.25) is 11.9 Å². The maximum absolute atomic E-state index is 14.5. The molecule has 9 nitrogen and oxygen atoms in total. The number of esters is 1. The van der Waals surface area contributed by atoms with Crippen LogP contribution in [0.4, 0.5) is 10.3 Å². The zero-order valence-corrected chi connectivity index (χ0v) is 20.6. The standard InChI is InChI=1S/C26H33FN4O5/c1-35-25(34)21-13-28-26(29-14-21)30-8-6-18(7-9-30)3-2-10-36-22-5-4-20(23(27)12-22)11-24(33)31-15-19(16-31)17-32/h4-5,12-14,18-19,32H,2-3,6-11,15-17H2,1H3. The van der Waals surface area contributed by atoms with Crippen molar-refractivity contribution in [2.24, 2.45) is 11.8 Å². The number of piperidine rings is 1. The number of nitrogens with zero attached hydrogens (tertiary/aromatic N) is 4. The summed E-state index contributed by atoms with van der Waals surface area (Å²) in [6.07, 6.45) is 6.94. The van der Waals surface area contributed by atoms with Gasteiger partial charge in [-0.1, -0.05) is 6.07 Å². The second-order valence-corrected chi connectivity index (χ2v) is 9.46. The van der Waals surface area contributed by atoms with E-state index >= 15 is 0 Å². The highest BCUT2D eigenvalue weighted by Gasteiger charge is 2.30. The lowest BCUT2D eigenvalue weighted by molar-refractivity contribution is -0.137. The van der Waals surface area contributed by atoms with Crippen LogP contribution in [0, 0.1) is 17.7 Å². The van der Waals surface area contributed by atoms with E-state index in [0.717, 1.165) is 38.8 Å². The third kappa shape index (κ3) is 6.48. The molecule has 0 bridgehead atoms. The average molecular weight is 501 g/mol. The van der Waals surface area contributed by atoms with Crippen LogP contribution < -0.4 is 9.64 Å². The molecule has 1 N–H and O–H groups in total. The van der Waals surface area contributed by atoms with Gasteiger partial charge in [-0.15, -0.1) is 0 Å². The predicted octanol–water partition coefficient (Wildman–Crippen LogP) is 2.47. The van der Waals surface area contributed by atoms with Gasteiger partial charge in [0.1, 0.15) is 11.6 Å². The van der Waals surface area contributed by atoms with Crippen LogP contribution in [0.2, 0.25) is 0 Å². The molecule has 1 aromatic heterocycles. The van der Waals surface area contributed by atoms with Crippen LogP contribution in [0.3, 0.4) is 0 Å². The molecule has 1 amide bonds. The fraction of sp³-hybridized carbons (Fsp3) is 0.538. The van der Waals surface area contributed by atoms with E-state index in [9.17, 15) is 14.0 Å². The quantitative estimate of drug-likeness (QED) is 0.392. The number of benzene rings is 1. The van der Waals surface area contributed by atoms with Gasteiger partial charge in [-0.25, -0.2) is 19.2 Å². The Balaban J connectivity index is 1.14. The van der Waals surface area contributed by atoms with Gasteiger partial charge in [0, 0.05) is 57.2 Å². The van der Waals surface area contributed by atoms with Crippen molar-refractivity contribution in [1.82, 2.24) is 14.9 Å². The number of anilines is 1. The number of ether oxygens (including phenoxy) is 2. The summed E-state index contributed by atoms with van der Waals surface area (Å²) in [6.45, 7) is 3.36. The van der Waals surface area contributed by atoms with Gasteiger partial charge in [-0.2, -0.15) is 0 Å². The smallest absolute Gasteiger partial charge is 0.341 e. The van der Waals surface area contributed by atoms with E-state index in [1.54, 1.807) is 17.0 Å². The summed E-state index contributed by atoms with van der Waals surface area (Å²) in [7, 11) is 1.33. The van der Waals surface area contributed by atoms with Gasteiger partial charge in [0.15, 0.2) is 0 Å². The van der Waals surface area contributed by atoms with Crippen LogP contribution in [0.1, 0.15) is 41.6 Å². The molecule has 2 aromatic rings. The number of carbonyl (C=O) groups excluding carboxylic acids is 2. The fourth-order valence-corrected chi connectivity index (χ4v) is 4.62. The van der Waals surface area contributed by atoms with E-state index < -0.39 is 11.8 Å². The molecule has 0 aliphatic carbocycles. The molecule has 0 radical (unpaired) electrons. The lowest BCUT2D eigenvalue weighted by Gasteiger charge is -2.38. The number of likely N-dealkylation sites (tertiary alicyclic amines) is 1. The van der Waals surface area contributed by atoms with Crippen molar-refractivity contribution in [3.05, 3.63) is 47.5 Å². The molecule has 0 spiro atoms. The normalized spacial score (nSPS) is 16.5. The minimum Gasteiger partial charge on any atom is -0.493 e. The minimum atomic E-state index is -0.448. The maximum Gasteiger partial charge on any atom is 0.341 e. The highest BCUT2D eigenvalue weighted by molar-refractivity contribution is 5.88. The predicted molar refractivity (Wildman–Crippen MR) is 130 cm³/mol. The number of rotatable bonds is 10. The highest BCUT2D eigenvalue weighted by atomic mass is 19.1. The summed E-state index contributed by atoms with van der Waals surface area (Å²) in [5, 5.41) is 9.06. The zero-order chi connectivity index (χ0) is 25.5. The molecule has 2 aliphatic rings. The molecule has 2 aliphatic heterocycles. The Kier molecular flexibility index (Phi) is 8.69. The SMILES string of the molecule is COC(=O)c1cnc(N2CCC(CCCOc3ccc(CC(=O)N4CC(CO)C4)c(F)c3)CC2)nc1. The van der Waals surface area contributed by atoms with Crippen molar-refractivity contribution in [2.75, 3.05) is 51.4 Å². The van der Waals surface area contributed by atoms with Gasteiger partial charge in [-0.3, -0.25) is 4.79 Å². The third-order valence-corrected chi connectivity index (χ3v) is 6.92. The monoisotopic (exact) mass is 500 g/mol. The molecule has 0 saturated carbocycles. The molecule has 4 rings (SSSR count). The summed E-state index contributed by atoms with van der Waals surface area (Å²) >= 11 is 0. The highest BCUT2D eigenvalue weighted by Crippen LogP contribution is 2.25. The number of halogens is 1. The molecule has 0 unspecified atom stereocenters. The molecule has 36 heavy (non-hydrogen) atoms. The number of carbonyl (C=O) groups is 2. The lowest BCUT2D eigenvalue weighted by Crippen LogP contribution is -2.51. The molecule has 1 aromatic carbocycles. The zero-order valence-electron chi connectivity index (χ0n) is 20.6. The number of aliphatic hydroxyl groups excluding tert-OH is 1. The first-order valence-electron chi connectivity index (χ1n) is 12.4. The Bertz CT molecular complexity index is 1040. The number of aliphatic hydroxyl groups is 1. The van der Waals surface area contributed by atoms with Gasteiger partial charge in [0.25, 0.3) is 0 Å². The van der Waals surface area contributed by atoms with E-state index in [-0.39, 0.29) is 24.9 Å². The van der Waals surface area contributed by atoms with Crippen molar-refractivity contribution in [3.63, 3.8) is 0 Å². The number of methoxy groups -OCH3 is 1. The Morgan fingerprint density at radius 1 is 1.14 bits per heavy atom. The van der Waals surface area contributed by atoms with Crippen LogP contribution in [0.25, 0.3) is 0 Å². The third-order valence-electron chi connectivity index (χ3n) is 6.92. The largest absolute Gasteiger partial charge is 0.493 e. The molecule has 2 saturated heterocycles. The molecular weight excluding hydrogens is 467 g/mol. The second kappa shape index (κ2) is 12.1. The van der Waals surface area contributed by atoms with Crippen molar-refractivity contribution in [2.45, 2.75) is 32.1 Å². The topological polar surface area (TPSA) is 105 Å². The van der Waals surface area contributed by atoms with Crippen molar-refractivity contribution in [1.29, 1.82) is 0 Å². The van der Waals surface area contributed by atoms with Crippen molar-refractivity contribution in [3.8, 4) is 5.75 Å². The first-order chi connectivity index (χ1) is 17.5. The van der Waals surface area contributed by atoms with Gasteiger partial charge >= 0.3 is 5.97 Å². The molecule has 0 atom stereocenters. The van der Waals surface area contributed by atoms with E-state index in [2.05, 4.69) is 19.6 Å². The summed E-state index contributed by atoms with van der Waals surface area (Å²) in [5.74, 6) is 0.804. The number of hydrogen-bond acceptors (Lipinski definition) is 8. The van der Waals surface area contributed by atoms with Crippen LogP contribution in [0.15, 0.2) is 30.6 Å². The fourth-order valence-electron chi connectivity index (χ4n) is 4.62. The van der Waals surface area contributed by atoms with E-state index in [0.29, 0.717) is 48.4 Å². The van der Waals surface area contributed by atoms with Crippen molar-refractivity contribution < 1.29 is 28.6 Å². The van der Waals surface area contributed by atoms with E-state index in [4.69, 9.17) is 9.84 Å². The lowest BCUT2D eigenvalue weighted by atomic mass is 9.92. The summed E-state index contributed by atoms with van der Waals surface area (Å²) < 4.78 is 24.9. The summed E-state index contributed by atoms with van der Waals surface area (Å²) in [4.78, 5) is 36.1. The Hall–Kier alpha value is -3.27. The first-order valence-corrected chi connectivity index (χ1v) is 12.4. The van der Waals surface area contributed by atoms with Gasteiger partial charge in [0.05, 0.1) is 25.7 Å². The number of hydrogen-bond donors (Lipinski definition) is 1. The van der Waals surface area contributed by atoms with Gasteiger partial charge in [-0.05, 0) is 43.2 Å². The molecule has 2 fully saturated rings. The molecule has 194 valence electrons. The van der Waals surface area contributed by atoms with Gasteiger partial charge < -0.3 is 24.4 Å². The maximum atomic E-state index is 14.5. The second-order valence-electron chi connectivity index (χ2n) is 9.46. The van der Waals surface area contributed by atoms with E-state index in [1.807, 2.05) is 0 Å². The summed E-state index contributed by atoms with van der Waals surface area (Å²) in [6, 6.07) is 4.67. The number of amides is 1. The molecule has 3 heterocycles. The summed E-state index contributed by atoms with van der Waals surface area (Å²) in [5.41, 5.74) is 0.693. The van der Waals surface area contributed by atoms with Crippen LogP contribution in [0.5, 0.6) is 5.75 Å². The minimum absolute atomic E-state index is 0.0173. The van der Waals surface area contributed by atoms with Crippen LogP contribution >= 0.6 is 0 Å². The Morgan fingerprint density at radius 2 is 1.86 bits per heavy atom. The van der Waals surface area contributed by atoms with Crippen LogP contribution in [-0.4, -0.2) is 78.4 Å².